The second-order valence-corrected chi connectivity index (χ2v) is 4.78. The lowest BCUT2D eigenvalue weighted by molar-refractivity contribution is 0.101. The van der Waals surface area contributed by atoms with E-state index in [0.29, 0.717) is 28.4 Å². The zero-order valence-electron chi connectivity index (χ0n) is 13.2. The molecule has 0 saturated carbocycles. The van der Waals surface area contributed by atoms with E-state index in [4.69, 9.17) is 9.47 Å². The van der Waals surface area contributed by atoms with Crippen molar-refractivity contribution in [3.63, 3.8) is 0 Å². The first-order valence-corrected chi connectivity index (χ1v) is 6.94. The topological polar surface area (TPSA) is 76.7 Å². The molecule has 0 fully saturated rings. The number of amides is 2. The number of hydrogen-bond acceptors (Lipinski definition) is 4. The number of rotatable bonds is 5. The summed E-state index contributed by atoms with van der Waals surface area (Å²) in [4.78, 5) is 23.2. The van der Waals surface area contributed by atoms with Crippen LogP contribution in [0.5, 0.6) is 11.5 Å². The largest absolute Gasteiger partial charge is 0.493 e. The lowest BCUT2D eigenvalue weighted by atomic mass is 10.1. The van der Waals surface area contributed by atoms with Gasteiger partial charge in [-0.3, -0.25) is 4.79 Å². The Labute approximate surface area is 134 Å². The van der Waals surface area contributed by atoms with Crippen LogP contribution < -0.4 is 20.1 Å². The molecule has 120 valence electrons. The average molecular weight is 314 g/mol. The Morgan fingerprint density at radius 3 is 1.96 bits per heavy atom. The fourth-order valence-electron chi connectivity index (χ4n) is 2.00. The molecule has 0 atom stereocenters. The molecule has 0 aliphatic carbocycles. The van der Waals surface area contributed by atoms with Gasteiger partial charge in [0.05, 0.1) is 14.2 Å². The van der Waals surface area contributed by atoms with Crippen LogP contribution >= 0.6 is 0 Å². The number of urea groups is 1. The number of carbonyl (C=O) groups excluding carboxylic acids is 2. The lowest BCUT2D eigenvalue weighted by Gasteiger charge is -2.11. The summed E-state index contributed by atoms with van der Waals surface area (Å²) in [5.74, 6) is 1.08. The molecule has 2 aromatic rings. The van der Waals surface area contributed by atoms with E-state index in [1.165, 1.54) is 14.0 Å². The third-order valence-corrected chi connectivity index (χ3v) is 3.19. The molecule has 23 heavy (non-hydrogen) atoms. The van der Waals surface area contributed by atoms with Gasteiger partial charge >= 0.3 is 6.03 Å². The van der Waals surface area contributed by atoms with Crippen molar-refractivity contribution in [2.75, 3.05) is 24.9 Å². The third-order valence-electron chi connectivity index (χ3n) is 3.19. The highest BCUT2D eigenvalue weighted by Gasteiger charge is 2.08. The average Bonchev–Trinajstić information content (AvgIpc) is 2.55. The summed E-state index contributed by atoms with van der Waals surface area (Å²) in [5.41, 5.74) is 1.75. The Bertz CT molecular complexity index is 711. The van der Waals surface area contributed by atoms with E-state index in [-0.39, 0.29) is 5.78 Å². The second-order valence-electron chi connectivity index (χ2n) is 4.78. The molecule has 0 aliphatic rings. The summed E-state index contributed by atoms with van der Waals surface area (Å²) >= 11 is 0. The van der Waals surface area contributed by atoms with Gasteiger partial charge in [0.15, 0.2) is 17.3 Å². The molecule has 0 spiro atoms. The van der Waals surface area contributed by atoms with Gasteiger partial charge < -0.3 is 20.1 Å². The lowest BCUT2D eigenvalue weighted by Crippen LogP contribution is -2.19. The molecule has 0 heterocycles. The van der Waals surface area contributed by atoms with Gasteiger partial charge in [0, 0.05) is 23.0 Å². The van der Waals surface area contributed by atoms with Gasteiger partial charge in [0.1, 0.15) is 0 Å². The molecular weight excluding hydrogens is 296 g/mol. The zero-order valence-corrected chi connectivity index (χ0v) is 13.2. The van der Waals surface area contributed by atoms with Crippen LogP contribution in [0.2, 0.25) is 0 Å². The summed E-state index contributed by atoms with van der Waals surface area (Å²) in [7, 11) is 3.07. The van der Waals surface area contributed by atoms with Crippen molar-refractivity contribution in [3.05, 3.63) is 48.0 Å². The minimum absolute atomic E-state index is 0.0219. The van der Waals surface area contributed by atoms with Crippen molar-refractivity contribution in [3.8, 4) is 11.5 Å². The first-order chi connectivity index (χ1) is 11.0. The molecule has 0 aromatic heterocycles. The smallest absolute Gasteiger partial charge is 0.323 e. The molecule has 0 aliphatic heterocycles. The van der Waals surface area contributed by atoms with Crippen molar-refractivity contribution in [1.82, 2.24) is 0 Å². The van der Waals surface area contributed by atoms with Gasteiger partial charge in [-0.25, -0.2) is 4.79 Å². The van der Waals surface area contributed by atoms with Gasteiger partial charge in [-0.15, -0.1) is 0 Å². The number of carbonyl (C=O) groups is 2. The Balaban J connectivity index is 2.03. The Hall–Kier alpha value is -3.02. The number of anilines is 2. The molecule has 2 amide bonds. The van der Waals surface area contributed by atoms with Crippen LogP contribution in [-0.4, -0.2) is 26.0 Å². The number of hydrogen-bond donors (Lipinski definition) is 2. The summed E-state index contributed by atoms with van der Waals surface area (Å²) in [5, 5.41) is 5.39. The fraction of sp³-hybridized carbons (Fsp3) is 0.176. The highest BCUT2D eigenvalue weighted by atomic mass is 16.5. The van der Waals surface area contributed by atoms with E-state index < -0.39 is 6.03 Å². The van der Waals surface area contributed by atoms with E-state index in [1.807, 2.05) is 0 Å². The normalized spacial score (nSPS) is 9.87. The Morgan fingerprint density at radius 1 is 0.826 bits per heavy atom. The SMILES string of the molecule is COc1ccc(NC(=O)Nc2ccc(C(C)=O)cc2)cc1OC. The van der Waals surface area contributed by atoms with Crippen molar-refractivity contribution < 1.29 is 19.1 Å². The maximum Gasteiger partial charge on any atom is 0.323 e. The Kier molecular flexibility index (Phi) is 5.19. The number of methoxy groups -OCH3 is 2. The molecular formula is C17H18N2O4. The van der Waals surface area contributed by atoms with Crippen molar-refractivity contribution >= 4 is 23.2 Å². The van der Waals surface area contributed by atoms with Crippen molar-refractivity contribution in [2.24, 2.45) is 0 Å². The first kappa shape index (κ1) is 16.4. The molecule has 0 saturated heterocycles. The quantitative estimate of drug-likeness (QED) is 0.827. The maximum absolute atomic E-state index is 12.0. The maximum atomic E-state index is 12.0. The first-order valence-electron chi connectivity index (χ1n) is 6.94. The van der Waals surface area contributed by atoms with E-state index >= 15 is 0 Å². The molecule has 6 nitrogen and oxygen atoms in total. The van der Waals surface area contributed by atoms with Crippen LogP contribution in [0.15, 0.2) is 42.5 Å². The van der Waals surface area contributed by atoms with Crippen LogP contribution in [0.4, 0.5) is 16.2 Å². The van der Waals surface area contributed by atoms with Crippen LogP contribution in [0.25, 0.3) is 0 Å². The van der Waals surface area contributed by atoms with Gasteiger partial charge in [-0.2, -0.15) is 0 Å². The van der Waals surface area contributed by atoms with E-state index in [2.05, 4.69) is 10.6 Å². The fourth-order valence-corrected chi connectivity index (χ4v) is 2.00. The number of nitrogens with one attached hydrogen (secondary N) is 2. The molecule has 2 aromatic carbocycles. The van der Waals surface area contributed by atoms with Gasteiger partial charge in [0.2, 0.25) is 0 Å². The van der Waals surface area contributed by atoms with Crippen LogP contribution in [-0.2, 0) is 0 Å². The summed E-state index contributed by atoms with van der Waals surface area (Å²) in [6.07, 6.45) is 0. The minimum atomic E-state index is -0.396. The van der Waals surface area contributed by atoms with Crippen LogP contribution in [0.1, 0.15) is 17.3 Å². The molecule has 0 bridgehead atoms. The predicted octanol–water partition coefficient (Wildman–Crippen LogP) is 3.55. The standard InChI is InChI=1S/C17H18N2O4/c1-11(20)12-4-6-13(7-5-12)18-17(21)19-14-8-9-15(22-2)16(10-14)23-3/h4-10H,1-3H3,(H2,18,19,21). The molecule has 2 rings (SSSR count). The van der Waals surface area contributed by atoms with E-state index in [1.54, 1.807) is 49.6 Å². The highest BCUT2D eigenvalue weighted by Crippen LogP contribution is 2.29. The second kappa shape index (κ2) is 7.31. The van der Waals surface area contributed by atoms with Crippen LogP contribution in [0.3, 0.4) is 0 Å². The number of Topliss-reactive ketones (excluding diaryl/α,β-unsaturated/α-hetero) is 1. The molecule has 0 radical (unpaired) electrons. The molecule has 6 heteroatoms. The van der Waals surface area contributed by atoms with Gasteiger partial charge in [-0.1, -0.05) is 0 Å². The molecule has 0 unspecified atom stereocenters. The zero-order chi connectivity index (χ0) is 16.8. The Morgan fingerprint density at radius 2 is 1.39 bits per heavy atom. The number of benzene rings is 2. The molecule has 2 N–H and O–H groups in total. The van der Waals surface area contributed by atoms with E-state index in [9.17, 15) is 9.59 Å². The van der Waals surface area contributed by atoms with Crippen LogP contribution in [0, 0.1) is 0 Å². The minimum Gasteiger partial charge on any atom is -0.493 e. The summed E-state index contributed by atoms with van der Waals surface area (Å²) in [6, 6.07) is 11.3. The van der Waals surface area contributed by atoms with Gasteiger partial charge in [0.25, 0.3) is 0 Å². The third kappa shape index (κ3) is 4.23. The summed E-state index contributed by atoms with van der Waals surface area (Å²) < 4.78 is 10.3. The number of ether oxygens (including phenoxy) is 2. The monoisotopic (exact) mass is 314 g/mol. The van der Waals surface area contributed by atoms with Crippen molar-refractivity contribution in [2.45, 2.75) is 6.92 Å². The van der Waals surface area contributed by atoms with E-state index in [0.717, 1.165) is 0 Å². The predicted molar refractivity (Wildman–Crippen MR) is 88.6 cm³/mol. The summed E-state index contributed by atoms with van der Waals surface area (Å²) in [6.45, 7) is 1.49. The number of ketones is 1. The van der Waals surface area contributed by atoms with Crippen molar-refractivity contribution in [1.29, 1.82) is 0 Å². The highest BCUT2D eigenvalue weighted by molar-refractivity contribution is 6.00. The van der Waals surface area contributed by atoms with Gasteiger partial charge in [-0.05, 0) is 43.3 Å².